The molecule has 104 valence electrons. The van der Waals surface area contributed by atoms with Crippen LogP contribution < -0.4 is 15.2 Å². The Bertz CT molecular complexity index is 506. The minimum Gasteiger partial charge on any atom is -0.493 e. The molecule has 0 heterocycles. The summed E-state index contributed by atoms with van der Waals surface area (Å²) in [4.78, 5) is 11.2. The summed E-state index contributed by atoms with van der Waals surface area (Å²) in [5.74, 6) is 0.0364. The lowest BCUT2D eigenvalue weighted by Gasteiger charge is -2.24. The Morgan fingerprint density at radius 1 is 1.37 bits per heavy atom. The molecule has 5 heteroatoms. The highest BCUT2D eigenvalue weighted by Crippen LogP contribution is 2.55. The summed E-state index contributed by atoms with van der Waals surface area (Å²) in [6.45, 7) is 1.94. The number of carboxylic acid groups (broad SMARTS) is 1. The van der Waals surface area contributed by atoms with Crippen LogP contribution in [-0.4, -0.2) is 31.3 Å². The molecule has 5 nitrogen and oxygen atoms in total. The molecule has 1 saturated carbocycles. The van der Waals surface area contributed by atoms with Crippen molar-refractivity contribution in [1.82, 2.24) is 0 Å². The summed E-state index contributed by atoms with van der Waals surface area (Å²) in [7, 11) is 3.05. The summed E-state index contributed by atoms with van der Waals surface area (Å²) >= 11 is 0. The number of aromatic carboxylic acids is 1. The molecule has 0 spiro atoms. The van der Waals surface area contributed by atoms with Gasteiger partial charge in [-0.3, -0.25) is 0 Å². The molecular weight excluding hydrogens is 246 g/mol. The van der Waals surface area contributed by atoms with Gasteiger partial charge in [-0.2, -0.15) is 0 Å². The summed E-state index contributed by atoms with van der Waals surface area (Å²) < 4.78 is 10.6. The minimum absolute atomic E-state index is 0.0600. The molecular formula is C14H19NO4. The van der Waals surface area contributed by atoms with Crippen LogP contribution in [0.2, 0.25) is 0 Å². The zero-order valence-electron chi connectivity index (χ0n) is 11.4. The van der Waals surface area contributed by atoms with Crippen molar-refractivity contribution in [2.45, 2.75) is 31.2 Å². The first-order valence-corrected chi connectivity index (χ1v) is 6.21. The number of carbonyl (C=O) groups is 1. The van der Waals surface area contributed by atoms with Crippen molar-refractivity contribution >= 4 is 5.97 Å². The summed E-state index contributed by atoms with van der Waals surface area (Å²) in [5.41, 5.74) is 6.90. The second kappa shape index (κ2) is 4.74. The van der Waals surface area contributed by atoms with Gasteiger partial charge >= 0.3 is 5.97 Å². The highest BCUT2D eigenvalue weighted by Gasteiger charge is 2.50. The van der Waals surface area contributed by atoms with Crippen LogP contribution in [0, 0.1) is 0 Å². The summed E-state index contributed by atoms with van der Waals surface area (Å²) in [5, 5.41) is 9.19. The Morgan fingerprint density at radius 2 is 2.00 bits per heavy atom. The van der Waals surface area contributed by atoms with Gasteiger partial charge in [-0.1, -0.05) is 0 Å². The van der Waals surface area contributed by atoms with E-state index in [9.17, 15) is 9.90 Å². The highest BCUT2D eigenvalue weighted by atomic mass is 16.5. The lowest BCUT2D eigenvalue weighted by molar-refractivity contribution is 0.0696. The van der Waals surface area contributed by atoms with Gasteiger partial charge in [0.1, 0.15) is 0 Å². The van der Waals surface area contributed by atoms with Crippen molar-refractivity contribution < 1.29 is 19.4 Å². The molecule has 19 heavy (non-hydrogen) atoms. The molecule has 3 N–H and O–H groups in total. The van der Waals surface area contributed by atoms with Crippen LogP contribution in [0.4, 0.5) is 0 Å². The Kier molecular flexibility index (Phi) is 3.41. The van der Waals surface area contributed by atoms with Crippen molar-refractivity contribution in [3.63, 3.8) is 0 Å². The van der Waals surface area contributed by atoms with Crippen molar-refractivity contribution in [3.05, 3.63) is 23.3 Å². The molecule has 0 aliphatic heterocycles. The van der Waals surface area contributed by atoms with Crippen LogP contribution >= 0.6 is 0 Å². The van der Waals surface area contributed by atoms with Crippen molar-refractivity contribution in [2.75, 3.05) is 14.2 Å². The van der Waals surface area contributed by atoms with Gasteiger partial charge in [-0.05, 0) is 31.9 Å². The van der Waals surface area contributed by atoms with Crippen LogP contribution in [-0.2, 0) is 5.41 Å². The van der Waals surface area contributed by atoms with Gasteiger partial charge in [0.15, 0.2) is 11.5 Å². The second-order valence-electron chi connectivity index (χ2n) is 5.01. The largest absolute Gasteiger partial charge is 0.493 e. The van der Waals surface area contributed by atoms with Gasteiger partial charge in [0.05, 0.1) is 19.8 Å². The zero-order valence-corrected chi connectivity index (χ0v) is 11.4. The smallest absolute Gasteiger partial charge is 0.335 e. The fourth-order valence-electron chi connectivity index (χ4n) is 2.56. The predicted octanol–water partition coefficient (Wildman–Crippen LogP) is 1.78. The first-order chi connectivity index (χ1) is 8.96. The van der Waals surface area contributed by atoms with E-state index in [1.165, 1.54) is 13.2 Å². The molecule has 1 atom stereocenters. The fraction of sp³-hybridized carbons (Fsp3) is 0.500. The number of carboxylic acids is 1. The topological polar surface area (TPSA) is 81.8 Å². The molecule has 1 unspecified atom stereocenters. The first-order valence-electron chi connectivity index (χ1n) is 6.21. The van der Waals surface area contributed by atoms with Crippen molar-refractivity contribution in [1.29, 1.82) is 0 Å². The Balaban J connectivity index is 2.63. The average Bonchev–Trinajstić information content (AvgIpc) is 3.18. The lowest BCUT2D eigenvalue weighted by Crippen LogP contribution is -2.32. The zero-order chi connectivity index (χ0) is 14.2. The fourth-order valence-corrected chi connectivity index (χ4v) is 2.56. The molecule has 0 saturated heterocycles. The van der Waals surface area contributed by atoms with Gasteiger partial charge in [0.2, 0.25) is 0 Å². The highest BCUT2D eigenvalue weighted by molar-refractivity contribution is 5.89. The van der Waals surface area contributed by atoms with Crippen molar-refractivity contribution in [2.24, 2.45) is 5.73 Å². The number of nitrogens with two attached hydrogens (primary N) is 1. The Labute approximate surface area is 112 Å². The predicted molar refractivity (Wildman–Crippen MR) is 71.1 cm³/mol. The van der Waals surface area contributed by atoms with E-state index in [2.05, 4.69) is 0 Å². The van der Waals surface area contributed by atoms with E-state index in [0.717, 1.165) is 18.4 Å². The third-order valence-corrected chi connectivity index (χ3v) is 3.92. The average molecular weight is 265 g/mol. The number of hydrogen-bond acceptors (Lipinski definition) is 4. The summed E-state index contributed by atoms with van der Waals surface area (Å²) in [6, 6.07) is 3.07. The Hall–Kier alpha value is -1.75. The molecule has 0 aromatic heterocycles. The number of ether oxygens (including phenoxy) is 2. The molecule has 0 radical (unpaired) electrons. The molecule has 1 aromatic rings. The van der Waals surface area contributed by atoms with E-state index in [0.29, 0.717) is 11.5 Å². The van der Waals surface area contributed by atoms with Crippen LogP contribution in [0.25, 0.3) is 0 Å². The van der Waals surface area contributed by atoms with E-state index < -0.39 is 5.97 Å². The number of benzene rings is 1. The number of rotatable bonds is 5. The van der Waals surface area contributed by atoms with Crippen LogP contribution in [0.3, 0.4) is 0 Å². The van der Waals surface area contributed by atoms with Gasteiger partial charge in [-0.25, -0.2) is 4.79 Å². The van der Waals surface area contributed by atoms with Crippen molar-refractivity contribution in [3.8, 4) is 11.5 Å². The second-order valence-corrected chi connectivity index (χ2v) is 5.01. The third-order valence-electron chi connectivity index (χ3n) is 3.92. The normalized spacial score (nSPS) is 17.7. The van der Waals surface area contributed by atoms with E-state index in [4.69, 9.17) is 15.2 Å². The minimum atomic E-state index is -0.984. The van der Waals surface area contributed by atoms with Crippen LogP contribution in [0.5, 0.6) is 11.5 Å². The molecule has 1 aliphatic rings. The number of methoxy groups -OCH3 is 2. The van der Waals surface area contributed by atoms with Gasteiger partial charge in [0.25, 0.3) is 0 Å². The molecule has 1 aliphatic carbocycles. The lowest BCUT2D eigenvalue weighted by atomic mass is 9.87. The first kappa shape index (κ1) is 13.7. The Morgan fingerprint density at radius 3 is 2.37 bits per heavy atom. The number of hydrogen-bond donors (Lipinski definition) is 2. The van der Waals surface area contributed by atoms with Gasteiger partial charge in [-0.15, -0.1) is 0 Å². The standard InChI is InChI=1S/C14H19NO4/c1-8(15)14(4-5-14)10-6-9(13(16)17)7-11(18-2)12(10)19-3/h6-8H,4-5,15H2,1-3H3,(H,16,17). The molecule has 2 rings (SSSR count). The monoisotopic (exact) mass is 265 g/mol. The van der Waals surface area contributed by atoms with Crippen LogP contribution in [0.15, 0.2) is 12.1 Å². The maximum absolute atomic E-state index is 11.2. The van der Waals surface area contributed by atoms with Crippen LogP contribution in [0.1, 0.15) is 35.7 Å². The summed E-state index contributed by atoms with van der Waals surface area (Å²) in [6.07, 6.45) is 1.88. The maximum atomic E-state index is 11.2. The van der Waals surface area contributed by atoms with E-state index in [1.54, 1.807) is 13.2 Å². The maximum Gasteiger partial charge on any atom is 0.335 e. The third kappa shape index (κ3) is 2.14. The molecule has 1 aromatic carbocycles. The van der Waals surface area contributed by atoms with E-state index in [-0.39, 0.29) is 17.0 Å². The quantitative estimate of drug-likeness (QED) is 0.848. The SMILES string of the molecule is COc1cc(C(=O)O)cc(C2(C(C)N)CC2)c1OC. The molecule has 1 fully saturated rings. The molecule has 0 amide bonds. The van der Waals surface area contributed by atoms with Gasteiger partial charge in [0, 0.05) is 17.0 Å². The van der Waals surface area contributed by atoms with E-state index >= 15 is 0 Å². The molecule has 0 bridgehead atoms. The van der Waals surface area contributed by atoms with Gasteiger partial charge < -0.3 is 20.3 Å². The van der Waals surface area contributed by atoms with E-state index in [1.807, 2.05) is 6.92 Å².